The van der Waals surface area contributed by atoms with Gasteiger partial charge in [-0.3, -0.25) is 4.90 Å². The fourth-order valence-corrected chi connectivity index (χ4v) is 2.71. The number of nitrogens with zero attached hydrogens (tertiary/aromatic N) is 1. The molecule has 1 N–H and O–H groups in total. The molecular formula is C14H21ClN2. The molecule has 17 heavy (non-hydrogen) atoms. The highest BCUT2D eigenvalue weighted by molar-refractivity contribution is 6.31. The third-order valence-corrected chi connectivity index (χ3v) is 3.88. The van der Waals surface area contributed by atoms with Crippen molar-refractivity contribution in [1.29, 1.82) is 0 Å². The van der Waals surface area contributed by atoms with Gasteiger partial charge in [0, 0.05) is 37.2 Å². The second-order valence-corrected chi connectivity index (χ2v) is 5.24. The summed E-state index contributed by atoms with van der Waals surface area (Å²) in [6.45, 7) is 8.60. The maximum Gasteiger partial charge on any atom is 0.0453 e. The number of benzene rings is 1. The number of halogens is 1. The number of hydrogen-bond donors (Lipinski definition) is 1. The number of aryl methyl sites for hydroxylation is 1. The standard InChI is InChI=1S/C14H21ClN2/c1-3-13-9-16-6-7-17(13)10-12-5-4-11(2)8-14(12)15/h4-5,8,13,16H,3,6-7,9-10H2,1-2H3. The second-order valence-electron chi connectivity index (χ2n) is 4.83. The van der Waals surface area contributed by atoms with E-state index in [1.165, 1.54) is 17.5 Å². The van der Waals surface area contributed by atoms with Crippen LogP contribution >= 0.6 is 11.6 Å². The van der Waals surface area contributed by atoms with Gasteiger partial charge in [-0.05, 0) is 30.5 Å². The van der Waals surface area contributed by atoms with Crippen LogP contribution in [0.3, 0.4) is 0 Å². The Labute approximate surface area is 109 Å². The van der Waals surface area contributed by atoms with E-state index in [-0.39, 0.29) is 0 Å². The molecule has 0 radical (unpaired) electrons. The molecule has 3 heteroatoms. The Hall–Kier alpha value is -0.570. The van der Waals surface area contributed by atoms with E-state index in [9.17, 15) is 0 Å². The monoisotopic (exact) mass is 252 g/mol. The van der Waals surface area contributed by atoms with Crippen LogP contribution in [0.5, 0.6) is 0 Å². The second kappa shape index (κ2) is 5.85. The molecule has 0 bridgehead atoms. The van der Waals surface area contributed by atoms with Crippen LogP contribution in [0.4, 0.5) is 0 Å². The van der Waals surface area contributed by atoms with Gasteiger partial charge in [-0.25, -0.2) is 0 Å². The maximum atomic E-state index is 6.30. The van der Waals surface area contributed by atoms with Crippen LogP contribution in [-0.2, 0) is 6.54 Å². The molecule has 1 aromatic carbocycles. The Morgan fingerprint density at radius 1 is 1.47 bits per heavy atom. The Morgan fingerprint density at radius 2 is 2.29 bits per heavy atom. The summed E-state index contributed by atoms with van der Waals surface area (Å²) in [6, 6.07) is 7.00. The van der Waals surface area contributed by atoms with Crippen LogP contribution in [0.15, 0.2) is 18.2 Å². The lowest BCUT2D eigenvalue weighted by Crippen LogP contribution is -2.50. The lowest BCUT2D eigenvalue weighted by atomic mass is 10.1. The summed E-state index contributed by atoms with van der Waals surface area (Å²) in [6.07, 6.45) is 1.19. The maximum absolute atomic E-state index is 6.30. The van der Waals surface area contributed by atoms with Crippen molar-refractivity contribution in [3.8, 4) is 0 Å². The zero-order valence-electron chi connectivity index (χ0n) is 10.7. The number of rotatable bonds is 3. The molecule has 1 aromatic rings. The first-order valence-corrected chi connectivity index (χ1v) is 6.78. The lowest BCUT2D eigenvalue weighted by molar-refractivity contribution is 0.149. The normalized spacial score (nSPS) is 21.7. The molecule has 0 aromatic heterocycles. The van der Waals surface area contributed by atoms with Crippen molar-refractivity contribution in [3.05, 3.63) is 34.3 Å². The highest BCUT2D eigenvalue weighted by atomic mass is 35.5. The van der Waals surface area contributed by atoms with Crippen molar-refractivity contribution in [1.82, 2.24) is 10.2 Å². The molecule has 1 fully saturated rings. The molecule has 1 aliphatic rings. The van der Waals surface area contributed by atoms with Gasteiger partial charge in [0.1, 0.15) is 0 Å². The summed E-state index contributed by atoms with van der Waals surface area (Å²) < 4.78 is 0. The quantitative estimate of drug-likeness (QED) is 0.890. The summed E-state index contributed by atoms with van der Waals surface area (Å²) >= 11 is 6.30. The molecule has 2 rings (SSSR count). The van der Waals surface area contributed by atoms with Crippen LogP contribution in [0, 0.1) is 6.92 Å². The van der Waals surface area contributed by atoms with E-state index in [2.05, 4.69) is 42.3 Å². The van der Waals surface area contributed by atoms with Gasteiger partial charge < -0.3 is 5.32 Å². The number of piperazine rings is 1. The average Bonchev–Trinajstić information content (AvgIpc) is 2.33. The van der Waals surface area contributed by atoms with Gasteiger partial charge in [0.25, 0.3) is 0 Å². The zero-order valence-corrected chi connectivity index (χ0v) is 11.4. The molecule has 0 saturated carbocycles. The molecule has 1 heterocycles. The van der Waals surface area contributed by atoms with Crippen molar-refractivity contribution >= 4 is 11.6 Å². The topological polar surface area (TPSA) is 15.3 Å². The van der Waals surface area contributed by atoms with Crippen LogP contribution < -0.4 is 5.32 Å². The van der Waals surface area contributed by atoms with E-state index in [0.717, 1.165) is 31.2 Å². The predicted molar refractivity (Wildman–Crippen MR) is 73.5 cm³/mol. The minimum atomic E-state index is 0.640. The van der Waals surface area contributed by atoms with E-state index >= 15 is 0 Å². The first-order chi connectivity index (χ1) is 8.20. The van der Waals surface area contributed by atoms with Gasteiger partial charge in [0.15, 0.2) is 0 Å². The largest absolute Gasteiger partial charge is 0.314 e. The Kier molecular flexibility index (Phi) is 4.43. The van der Waals surface area contributed by atoms with Gasteiger partial charge >= 0.3 is 0 Å². The lowest BCUT2D eigenvalue weighted by Gasteiger charge is -2.35. The molecule has 94 valence electrons. The first-order valence-electron chi connectivity index (χ1n) is 6.40. The van der Waals surface area contributed by atoms with Crippen molar-refractivity contribution in [2.45, 2.75) is 32.9 Å². The molecule has 1 unspecified atom stereocenters. The van der Waals surface area contributed by atoms with Gasteiger partial charge in [-0.15, -0.1) is 0 Å². The van der Waals surface area contributed by atoms with Crippen molar-refractivity contribution in [3.63, 3.8) is 0 Å². The van der Waals surface area contributed by atoms with Crippen LogP contribution in [0.1, 0.15) is 24.5 Å². The van der Waals surface area contributed by atoms with Crippen molar-refractivity contribution in [2.75, 3.05) is 19.6 Å². The third-order valence-electron chi connectivity index (χ3n) is 3.53. The van der Waals surface area contributed by atoms with Gasteiger partial charge in [0.05, 0.1) is 0 Å². The highest BCUT2D eigenvalue weighted by Crippen LogP contribution is 2.21. The molecular weight excluding hydrogens is 232 g/mol. The minimum absolute atomic E-state index is 0.640. The smallest absolute Gasteiger partial charge is 0.0453 e. The predicted octanol–water partition coefficient (Wildman–Crippen LogP) is 2.83. The average molecular weight is 253 g/mol. The molecule has 0 amide bonds. The first kappa shape index (κ1) is 12.9. The fourth-order valence-electron chi connectivity index (χ4n) is 2.41. The summed E-state index contributed by atoms with van der Waals surface area (Å²) in [5.41, 5.74) is 2.48. The van der Waals surface area contributed by atoms with Gasteiger partial charge in [-0.1, -0.05) is 30.7 Å². The van der Waals surface area contributed by atoms with E-state index in [1.807, 2.05) is 0 Å². The summed E-state index contributed by atoms with van der Waals surface area (Å²) in [7, 11) is 0. The van der Waals surface area contributed by atoms with Crippen LogP contribution in [0.2, 0.25) is 5.02 Å². The SMILES string of the molecule is CCC1CNCCN1Cc1ccc(C)cc1Cl. The summed E-state index contributed by atoms with van der Waals surface area (Å²) in [5, 5.41) is 4.35. The third kappa shape index (κ3) is 3.21. The van der Waals surface area contributed by atoms with Crippen molar-refractivity contribution < 1.29 is 0 Å². The number of nitrogens with one attached hydrogen (secondary N) is 1. The van der Waals surface area contributed by atoms with Gasteiger partial charge in [-0.2, -0.15) is 0 Å². The minimum Gasteiger partial charge on any atom is -0.314 e. The molecule has 0 aliphatic carbocycles. The molecule has 1 atom stereocenters. The Balaban J connectivity index is 2.08. The molecule has 1 aliphatic heterocycles. The highest BCUT2D eigenvalue weighted by Gasteiger charge is 2.20. The van der Waals surface area contributed by atoms with E-state index in [1.54, 1.807) is 0 Å². The Morgan fingerprint density at radius 3 is 3.00 bits per heavy atom. The van der Waals surface area contributed by atoms with Gasteiger partial charge in [0.2, 0.25) is 0 Å². The molecule has 1 saturated heterocycles. The van der Waals surface area contributed by atoms with Crippen LogP contribution in [0.25, 0.3) is 0 Å². The van der Waals surface area contributed by atoms with Crippen molar-refractivity contribution in [2.24, 2.45) is 0 Å². The molecule has 2 nitrogen and oxygen atoms in total. The molecule has 0 spiro atoms. The Bertz CT molecular complexity index is 378. The van der Waals surface area contributed by atoms with E-state index in [0.29, 0.717) is 6.04 Å². The summed E-state index contributed by atoms with van der Waals surface area (Å²) in [5.74, 6) is 0. The van der Waals surface area contributed by atoms with Crippen LogP contribution in [-0.4, -0.2) is 30.6 Å². The van der Waals surface area contributed by atoms with E-state index < -0.39 is 0 Å². The fraction of sp³-hybridized carbons (Fsp3) is 0.571. The summed E-state index contributed by atoms with van der Waals surface area (Å²) in [4.78, 5) is 2.53. The van der Waals surface area contributed by atoms with E-state index in [4.69, 9.17) is 11.6 Å². The zero-order chi connectivity index (χ0) is 12.3. The number of hydrogen-bond acceptors (Lipinski definition) is 2.